The van der Waals surface area contributed by atoms with Crippen molar-refractivity contribution in [3.8, 4) is 17.2 Å². The third-order valence-electron chi connectivity index (χ3n) is 4.16. The number of nitro groups is 1. The lowest BCUT2D eigenvalue weighted by atomic mass is 10.1. The van der Waals surface area contributed by atoms with Crippen LogP contribution in [0.1, 0.15) is 15.9 Å². The van der Waals surface area contributed by atoms with E-state index in [9.17, 15) is 28.1 Å². The first-order valence-corrected chi connectivity index (χ1v) is 8.77. The van der Waals surface area contributed by atoms with Crippen LogP contribution in [0.5, 0.6) is 17.2 Å². The highest BCUT2D eigenvalue weighted by atomic mass is 19.4. The van der Waals surface area contributed by atoms with Crippen LogP contribution in [0.25, 0.3) is 0 Å². The minimum atomic E-state index is -4.74. The number of amides is 1. The van der Waals surface area contributed by atoms with E-state index in [4.69, 9.17) is 9.47 Å². The van der Waals surface area contributed by atoms with Crippen LogP contribution in [-0.2, 0) is 6.18 Å². The molecule has 7 nitrogen and oxygen atoms in total. The quantitative estimate of drug-likeness (QED) is 0.401. The van der Waals surface area contributed by atoms with Gasteiger partial charge in [0.05, 0.1) is 23.3 Å². The first-order chi connectivity index (χ1) is 14.7. The van der Waals surface area contributed by atoms with Crippen LogP contribution in [0.4, 0.5) is 24.5 Å². The number of hydrogen-bond acceptors (Lipinski definition) is 5. The standard InChI is InChI=1S/C21H15F3N2O5/c1-30-18-8-3-2-7-16(18)25-20(27)13-5-4-6-15(11-13)31-19-10-9-14(21(22,23)24)12-17(19)26(28)29/h2-12H,1H3,(H,25,27). The molecule has 0 aromatic heterocycles. The number of nitrogens with one attached hydrogen (secondary N) is 1. The molecule has 0 saturated heterocycles. The van der Waals surface area contributed by atoms with Crippen LogP contribution in [0.3, 0.4) is 0 Å². The van der Waals surface area contributed by atoms with Gasteiger partial charge in [-0.05, 0) is 42.5 Å². The van der Waals surface area contributed by atoms with Crippen molar-refractivity contribution < 1.29 is 32.4 Å². The van der Waals surface area contributed by atoms with Crippen LogP contribution in [0.15, 0.2) is 66.7 Å². The van der Waals surface area contributed by atoms with Crippen molar-refractivity contribution in [2.45, 2.75) is 6.18 Å². The molecule has 0 unspecified atom stereocenters. The van der Waals surface area contributed by atoms with E-state index in [1.165, 1.54) is 31.4 Å². The number of nitrogens with zero attached hydrogens (tertiary/aromatic N) is 1. The minimum absolute atomic E-state index is 0.0375. The predicted molar refractivity (Wildman–Crippen MR) is 106 cm³/mol. The van der Waals surface area contributed by atoms with E-state index in [0.29, 0.717) is 23.6 Å². The summed E-state index contributed by atoms with van der Waals surface area (Å²) in [5, 5.41) is 13.9. The molecule has 0 aliphatic rings. The van der Waals surface area contributed by atoms with E-state index in [1.54, 1.807) is 24.3 Å². The smallest absolute Gasteiger partial charge is 0.416 e. The van der Waals surface area contributed by atoms with Crippen LogP contribution >= 0.6 is 0 Å². The second kappa shape index (κ2) is 8.74. The van der Waals surface area contributed by atoms with Crippen LogP contribution < -0.4 is 14.8 Å². The summed E-state index contributed by atoms with van der Waals surface area (Å²) in [6, 6.07) is 14.4. The summed E-state index contributed by atoms with van der Waals surface area (Å²) in [6.45, 7) is 0. The summed E-state index contributed by atoms with van der Waals surface area (Å²) in [5.74, 6) is -0.406. The number of carbonyl (C=O) groups is 1. The molecule has 1 amide bonds. The summed E-state index contributed by atoms with van der Waals surface area (Å²) in [5.41, 5.74) is -1.42. The molecule has 3 rings (SSSR count). The summed E-state index contributed by atoms with van der Waals surface area (Å²) in [7, 11) is 1.45. The molecule has 0 heterocycles. The molecular weight excluding hydrogens is 417 g/mol. The Morgan fingerprint density at radius 2 is 1.74 bits per heavy atom. The Morgan fingerprint density at radius 1 is 1.00 bits per heavy atom. The van der Waals surface area contributed by atoms with Crippen molar-refractivity contribution in [2.24, 2.45) is 0 Å². The molecule has 0 saturated carbocycles. The van der Waals surface area contributed by atoms with E-state index in [2.05, 4.69) is 5.32 Å². The summed E-state index contributed by atoms with van der Waals surface area (Å²) in [6.07, 6.45) is -4.74. The molecule has 0 aliphatic heterocycles. The fourth-order valence-corrected chi connectivity index (χ4v) is 2.69. The van der Waals surface area contributed by atoms with Gasteiger partial charge in [-0.1, -0.05) is 18.2 Å². The minimum Gasteiger partial charge on any atom is -0.495 e. The molecule has 0 atom stereocenters. The Kier molecular flexibility index (Phi) is 6.10. The van der Waals surface area contributed by atoms with Gasteiger partial charge >= 0.3 is 11.9 Å². The van der Waals surface area contributed by atoms with Crippen LogP contribution in [0, 0.1) is 10.1 Å². The molecule has 10 heteroatoms. The van der Waals surface area contributed by atoms with Gasteiger partial charge in [0, 0.05) is 11.6 Å². The van der Waals surface area contributed by atoms with Gasteiger partial charge in [0.25, 0.3) is 5.91 Å². The fourth-order valence-electron chi connectivity index (χ4n) is 2.69. The molecular formula is C21H15F3N2O5. The normalized spacial score (nSPS) is 11.0. The second-order valence-corrected chi connectivity index (χ2v) is 6.22. The third kappa shape index (κ3) is 5.10. The van der Waals surface area contributed by atoms with Gasteiger partial charge in [0.2, 0.25) is 5.75 Å². The largest absolute Gasteiger partial charge is 0.495 e. The number of benzene rings is 3. The van der Waals surface area contributed by atoms with Crippen molar-refractivity contribution in [3.05, 3.63) is 88.0 Å². The fraction of sp³-hybridized carbons (Fsp3) is 0.0952. The number of alkyl halides is 3. The third-order valence-corrected chi connectivity index (χ3v) is 4.16. The highest BCUT2D eigenvalue weighted by Crippen LogP contribution is 2.38. The van der Waals surface area contributed by atoms with Gasteiger partial charge < -0.3 is 14.8 Å². The summed E-state index contributed by atoms with van der Waals surface area (Å²) in [4.78, 5) is 22.8. The first kappa shape index (κ1) is 21.6. The lowest BCUT2D eigenvalue weighted by Crippen LogP contribution is -2.12. The van der Waals surface area contributed by atoms with Gasteiger partial charge in [-0.15, -0.1) is 0 Å². The average Bonchev–Trinajstić information content (AvgIpc) is 2.73. The predicted octanol–water partition coefficient (Wildman–Crippen LogP) is 5.67. The Balaban J connectivity index is 1.85. The first-order valence-electron chi connectivity index (χ1n) is 8.77. The Hall–Kier alpha value is -4.08. The Morgan fingerprint density at radius 3 is 2.42 bits per heavy atom. The SMILES string of the molecule is COc1ccccc1NC(=O)c1cccc(Oc2ccc(C(F)(F)F)cc2[N+](=O)[O-])c1. The molecule has 0 spiro atoms. The summed E-state index contributed by atoms with van der Waals surface area (Å²) < 4.78 is 49.1. The topological polar surface area (TPSA) is 90.7 Å². The van der Waals surface area contributed by atoms with Crippen LogP contribution in [-0.4, -0.2) is 17.9 Å². The zero-order valence-corrected chi connectivity index (χ0v) is 16.0. The maximum absolute atomic E-state index is 12.8. The summed E-state index contributed by atoms with van der Waals surface area (Å²) >= 11 is 0. The molecule has 0 aliphatic carbocycles. The van der Waals surface area contributed by atoms with E-state index >= 15 is 0 Å². The molecule has 3 aromatic carbocycles. The van der Waals surface area contributed by atoms with E-state index in [1.807, 2.05) is 0 Å². The molecule has 31 heavy (non-hydrogen) atoms. The van der Waals surface area contributed by atoms with Gasteiger partial charge in [-0.2, -0.15) is 13.2 Å². The average molecular weight is 432 g/mol. The molecule has 0 radical (unpaired) electrons. The van der Waals surface area contributed by atoms with Gasteiger partial charge in [-0.25, -0.2) is 0 Å². The monoisotopic (exact) mass is 432 g/mol. The van der Waals surface area contributed by atoms with Crippen molar-refractivity contribution >= 4 is 17.3 Å². The number of hydrogen-bond donors (Lipinski definition) is 1. The maximum Gasteiger partial charge on any atom is 0.416 e. The van der Waals surface area contributed by atoms with Crippen molar-refractivity contribution in [1.29, 1.82) is 0 Å². The lowest BCUT2D eigenvalue weighted by Gasteiger charge is -2.12. The van der Waals surface area contributed by atoms with E-state index in [0.717, 1.165) is 6.07 Å². The molecule has 160 valence electrons. The highest BCUT2D eigenvalue weighted by molar-refractivity contribution is 6.05. The number of ether oxygens (including phenoxy) is 2. The zero-order valence-electron chi connectivity index (χ0n) is 16.0. The van der Waals surface area contributed by atoms with Crippen molar-refractivity contribution in [3.63, 3.8) is 0 Å². The number of halogens is 3. The van der Waals surface area contributed by atoms with Crippen molar-refractivity contribution in [1.82, 2.24) is 0 Å². The molecule has 0 bridgehead atoms. The number of nitro benzene ring substituents is 1. The molecule has 1 N–H and O–H groups in total. The van der Waals surface area contributed by atoms with E-state index < -0.39 is 28.3 Å². The Bertz CT molecular complexity index is 1130. The number of para-hydroxylation sites is 2. The number of rotatable bonds is 6. The van der Waals surface area contributed by atoms with E-state index in [-0.39, 0.29) is 17.1 Å². The lowest BCUT2D eigenvalue weighted by molar-refractivity contribution is -0.385. The van der Waals surface area contributed by atoms with Gasteiger partial charge in [0.1, 0.15) is 11.5 Å². The molecule has 0 fully saturated rings. The van der Waals surface area contributed by atoms with Crippen molar-refractivity contribution in [2.75, 3.05) is 12.4 Å². The zero-order chi connectivity index (χ0) is 22.6. The number of anilines is 1. The number of carbonyl (C=O) groups excluding carboxylic acids is 1. The Labute approximate surface area is 174 Å². The van der Waals surface area contributed by atoms with Gasteiger partial charge in [-0.3, -0.25) is 14.9 Å². The number of methoxy groups -OCH3 is 1. The molecule has 3 aromatic rings. The highest BCUT2D eigenvalue weighted by Gasteiger charge is 2.33. The second-order valence-electron chi connectivity index (χ2n) is 6.22. The van der Waals surface area contributed by atoms with Gasteiger partial charge in [0.15, 0.2) is 0 Å². The van der Waals surface area contributed by atoms with Crippen LogP contribution in [0.2, 0.25) is 0 Å². The maximum atomic E-state index is 12.8.